The second kappa shape index (κ2) is 8.64. The summed E-state index contributed by atoms with van der Waals surface area (Å²) in [4.78, 5) is 33.1. The first-order valence-corrected chi connectivity index (χ1v) is 9.36. The molecule has 1 saturated heterocycles. The van der Waals surface area contributed by atoms with Gasteiger partial charge in [0.2, 0.25) is 11.9 Å². The second-order valence-electron chi connectivity index (χ2n) is 6.86. The molecule has 0 saturated carbocycles. The van der Waals surface area contributed by atoms with Crippen LogP contribution in [0, 0.1) is 10.1 Å². The van der Waals surface area contributed by atoms with Crippen molar-refractivity contribution in [2.24, 2.45) is 0 Å². The van der Waals surface area contributed by atoms with Crippen molar-refractivity contribution in [1.29, 1.82) is 0 Å². The highest BCUT2D eigenvalue weighted by molar-refractivity contribution is 5.73. The molecule has 2 aromatic rings. The summed E-state index contributed by atoms with van der Waals surface area (Å²) in [5.41, 5.74) is 1.47. The van der Waals surface area contributed by atoms with E-state index in [0.717, 1.165) is 37.3 Å². The molecule has 28 heavy (non-hydrogen) atoms. The summed E-state index contributed by atoms with van der Waals surface area (Å²) in [7, 11) is 0. The molecule has 148 valence electrons. The molecule has 9 nitrogen and oxygen atoms in total. The fraction of sp³-hybridized carbons (Fsp3) is 0.421. The fourth-order valence-corrected chi connectivity index (χ4v) is 3.29. The van der Waals surface area contributed by atoms with Crippen LogP contribution in [0.5, 0.6) is 0 Å². The van der Waals surface area contributed by atoms with Crippen molar-refractivity contribution in [2.45, 2.75) is 39.2 Å². The van der Waals surface area contributed by atoms with Crippen molar-refractivity contribution in [1.82, 2.24) is 15.3 Å². The molecular weight excluding hydrogens is 360 g/mol. The predicted octanol–water partition coefficient (Wildman–Crippen LogP) is 2.80. The van der Waals surface area contributed by atoms with Gasteiger partial charge in [0.1, 0.15) is 5.82 Å². The van der Waals surface area contributed by atoms with Gasteiger partial charge in [0.25, 0.3) is 5.69 Å². The number of aryl methyl sites for hydroxylation is 1. The van der Waals surface area contributed by atoms with Gasteiger partial charge in [0.15, 0.2) is 0 Å². The third-order valence-electron chi connectivity index (χ3n) is 4.50. The normalized spacial score (nSPS) is 16.1. The highest BCUT2D eigenvalue weighted by atomic mass is 16.6. The van der Waals surface area contributed by atoms with Crippen molar-refractivity contribution in [2.75, 3.05) is 23.3 Å². The average Bonchev–Trinajstić information content (AvgIpc) is 3.10. The topological polar surface area (TPSA) is 113 Å². The van der Waals surface area contributed by atoms with Crippen LogP contribution in [-0.4, -0.2) is 39.9 Å². The number of nitro groups is 1. The predicted molar refractivity (Wildman–Crippen MR) is 107 cm³/mol. The van der Waals surface area contributed by atoms with Gasteiger partial charge in [-0.1, -0.05) is 19.4 Å². The Kier molecular flexibility index (Phi) is 6.03. The van der Waals surface area contributed by atoms with Gasteiger partial charge in [-0.05, 0) is 18.9 Å². The van der Waals surface area contributed by atoms with E-state index in [4.69, 9.17) is 0 Å². The van der Waals surface area contributed by atoms with Crippen molar-refractivity contribution < 1.29 is 9.72 Å². The Morgan fingerprint density at radius 1 is 1.36 bits per heavy atom. The molecular formula is C19H24N6O3. The minimum atomic E-state index is -0.433. The summed E-state index contributed by atoms with van der Waals surface area (Å²) in [5, 5.41) is 17.0. The van der Waals surface area contributed by atoms with E-state index in [2.05, 4.69) is 32.4 Å². The monoisotopic (exact) mass is 384 g/mol. The molecule has 9 heteroatoms. The van der Waals surface area contributed by atoms with E-state index in [1.54, 1.807) is 12.1 Å². The lowest BCUT2D eigenvalue weighted by Crippen LogP contribution is -2.35. The van der Waals surface area contributed by atoms with Crippen LogP contribution in [-0.2, 0) is 11.2 Å². The summed E-state index contributed by atoms with van der Waals surface area (Å²) >= 11 is 0. The van der Waals surface area contributed by atoms with E-state index >= 15 is 0 Å². The number of rotatable bonds is 7. The summed E-state index contributed by atoms with van der Waals surface area (Å²) in [5.74, 6) is 1.16. The zero-order valence-corrected chi connectivity index (χ0v) is 16.0. The maximum absolute atomic E-state index is 11.3. The molecule has 1 fully saturated rings. The van der Waals surface area contributed by atoms with E-state index in [0.29, 0.717) is 18.2 Å². The second-order valence-corrected chi connectivity index (χ2v) is 6.86. The van der Waals surface area contributed by atoms with Crippen LogP contribution in [0.1, 0.15) is 32.4 Å². The van der Waals surface area contributed by atoms with Gasteiger partial charge in [-0.2, -0.15) is 4.98 Å². The lowest BCUT2D eigenvalue weighted by molar-refractivity contribution is -0.384. The van der Waals surface area contributed by atoms with Crippen LogP contribution in [0.2, 0.25) is 0 Å². The Morgan fingerprint density at radius 2 is 2.18 bits per heavy atom. The SMILES string of the molecule is CCCc1cc(N2CCC(NC(C)=O)C2)nc(Nc2cccc([N+](=O)[O-])c2)n1. The first-order chi connectivity index (χ1) is 13.4. The number of nitro benzene ring substituents is 1. The summed E-state index contributed by atoms with van der Waals surface area (Å²) in [6, 6.07) is 8.34. The molecule has 1 atom stereocenters. The number of nitrogens with zero attached hydrogens (tertiary/aromatic N) is 4. The molecule has 1 unspecified atom stereocenters. The van der Waals surface area contributed by atoms with Crippen LogP contribution in [0.15, 0.2) is 30.3 Å². The number of aromatic nitrogens is 2. The highest BCUT2D eigenvalue weighted by Gasteiger charge is 2.24. The Labute approximate surface area is 163 Å². The summed E-state index contributed by atoms with van der Waals surface area (Å²) < 4.78 is 0. The zero-order valence-electron chi connectivity index (χ0n) is 16.0. The van der Waals surface area contributed by atoms with Gasteiger partial charge in [-0.25, -0.2) is 4.98 Å². The number of carbonyl (C=O) groups is 1. The molecule has 0 spiro atoms. The zero-order chi connectivity index (χ0) is 20.1. The van der Waals surface area contributed by atoms with Gasteiger partial charge in [-0.15, -0.1) is 0 Å². The standard InChI is InChI=1S/C19H24N6O3/c1-3-5-14-11-18(24-9-8-16(12-24)20-13(2)26)23-19(21-14)22-15-6-4-7-17(10-15)25(27)28/h4,6-7,10-11,16H,3,5,8-9,12H2,1-2H3,(H,20,26)(H,21,22,23). The number of hydrogen-bond donors (Lipinski definition) is 2. The van der Waals surface area contributed by atoms with E-state index in [1.165, 1.54) is 19.1 Å². The summed E-state index contributed by atoms with van der Waals surface area (Å²) in [6.07, 6.45) is 2.61. The lowest BCUT2D eigenvalue weighted by Gasteiger charge is -2.19. The lowest BCUT2D eigenvalue weighted by atomic mass is 10.2. The Bertz CT molecular complexity index is 872. The van der Waals surface area contributed by atoms with Crippen LogP contribution in [0.25, 0.3) is 0 Å². The number of benzene rings is 1. The van der Waals surface area contributed by atoms with E-state index in [9.17, 15) is 14.9 Å². The molecule has 0 aliphatic carbocycles. The number of carbonyl (C=O) groups excluding carboxylic acids is 1. The quantitative estimate of drug-likeness (QED) is 0.557. The van der Waals surface area contributed by atoms with E-state index in [-0.39, 0.29) is 17.6 Å². The van der Waals surface area contributed by atoms with Gasteiger partial charge < -0.3 is 15.5 Å². The fourth-order valence-electron chi connectivity index (χ4n) is 3.29. The first kappa shape index (κ1) is 19.5. The minimum absolute atomic E-state index is 0.00706. The van der Waals surface area contributed by atoms with Crippen molar-refractivity contribution in [3.63, 3.8) is 0 Å². The van der Waals surface area contributed by atoms with Gasteiger partial charge in [0, 0.05) is 55.6 Å². The summed E-state index contributed by atoms with van der Waals surface area (Å²) in [6.45, 7) is 5.09. The minimum Gasteiger partial charge on any atom is -0.354 e. The van der Waals surface area contributed by atoms with E-state index < -0.39 is 4.92 Å². The van der Waals surface area contributed by atoms with Crippen LogP contribution < -0.4 is 15.5 Å². The first-order valence-electron chi connectivity index (χ1n) is 9.36. The number of nitrogens with one attached hydrogen (secondary N) is 2. The van der Waals surface area contributed by atoms with Crippen molar-refractivity contribution in [3.8, 4) is 0 Å². The van der Waals surface area contributed by atoms with Crippen molar-refractivity contribution in [3.05, 3.63) is 46.1 Å². The molecule has 0 radical (unpaired) electrons. The molecule has 2 heterocycles. The maximum atomic E-state index is 11.3. The number of amides is 1. The molecule has 3 rings (SSSR count). The smallest absolute Gasteiger partial charge is 0.271 e. The number of anilines is 3. The van der Waals surface area contributed by atoms with Crippen LogP contribution in [0.4, 0.5) is 23.1 Å². The van der Waals surface area contributed by atoms with Gasteiger partial charge in [-0.3, -0.25) is 14.9 Å². The Balaban J connectivity index is 1.83. The van der Waals surface area contributed by atoms with Crippen LogP contribution in [0.3, 0.4) is 0 Å². The number of hydrogen-bond acceptors (Lipinski definition) is 7. The average molecular weight is 384 g/mol. The van der Waals surface area contributed by atoms with Gasteiger partial charge in [0.05, 0.1) is 4.92 Å². The third-order valence-corrected chi connectivity index (χ3v) is 4.50. The third kappa shape index (κ3) is 4.93. The molecule has 2 N–H and O–H groups in total. The van der Waals surface area contributed by atoms with E-state index in [1.807, 2.05) is 6.07 Å². The molecule has 1 aliphatic heterocycles. The van der Waals surface area contributed by atoms with Gasteiger partial charge >= 0.3 is 0 Å². The maximum Gasteiger partial charge on any atom is 0.271 e. The van der Waals surface area contributed by atoms with Crippen LogP contribution >= 0.6 is 0 Å². The highest BCUT2D eigenvalue weighted by Crippen LogP contribution is 2.24. The largest absolute Gasteiger partial charge is 0.354 e. The Morgan fingerprint density at radius 3 is 2.89 bits per heavy atom. The molecule has 1 amide bonds. The molecule has 1 aromatic heterocycles. The Hall–Kier alpha value is -3.23. The molecule has 0 bridgehead atoms. The molecule has 1 aliphatic rings. The molecule has 1 aromatic carbocycles. The van der Waals surface area contributed by atoms with Crippen molar-refractivity contribution >= 4 is 29.0 Å². The number of non-ortho nitro benzene ring substituents is 1.